The molecule has 0 radical (unpaired) electrons. The molecule has 0 heterocycles. The molecule has 3 atom stereocenters. The highest BCUT2D eigenvalue weighted by Gasteiger charge is 2.33. The number of rotatable bonds is 5. The Kier molecular flexibility index (Phi) is 3.96. The molecule has 1 aliphatic carbocycles. The Balaban J connectivity index is 2.14. The normalized spacial score (nSPS) is 23.8. The van der Waals surface area contributed by atoms with Gasteiger partial charge >= 0.3 is 0 Å². The SMILES string of the molecule is Cc1ccc(N(C)CC2CC2C)c(CC(C)N)c1. The predicted octanol–water partition coefficient (Wildman–Crippen LogP) is 2.98. The van der Waals surface area contributed by atoms with Gasteiger partial charge in [0.2, 0.25) is 0 Å². The average Bonchev–Trinajstić information content (AvgIpc) is 2.93. The molecule has 1 saturated carbocycles. The van der Waals surface area contributed by atoms with Gasteiger partial charge in [0.25, 0.3) is 0 Å². The van der Waals surface area contributed by atoms with Crippen molar-refractivity contribution in [3.63, 3.8) is 0 Å². The first-order valence-electron chi connectivity index (χ1n) is 7.03. The fourth-order valence-corrected chi connectivity index (χ4v) is 2.70. The molecule has 3 unspecified atom stereocenters. The summed E-state index contributed by atoms with van der Waals surface area (Å²) in [6.45, 7) is 7.75. The molecule has 2 rings (SSSR count). The van der Waals surface area contributed by atoms with Crippen molar-refractivity contribution in [2.24, 2.45) is 17.6 Å². The van der Waals surface area contributed by atoms with Crippen molar-refractivity contribution in [3.8, 4) is 0 Å². The molecule has 1 aromatic carbocycles. The smallest absolute Gasteiger partial charge is 0.0397 e. The first kappa shape index (κ1) is 13.4. The summed E-state index contributed by atoms with van der Waals surface area (Å²) in [4.78, 5) is 2.41. The summed E-state index contributed by atoms with van der Waals surface area (Å²) >= 11 is 0. The van der Waals surface area contributed by atoms with Crippen LogP contribution in [0.1, 0.15) is 31.4 Å². The number of hydrogen-bond donors (Lipinski definition) is 1. The van der Waals surface area contributed by atoms with E-state index in [9.17, 15) is 0 Å². The minimum atomic E-state index is 0.221. The Hall–Kier alpha value is -1.02. The summed E-state index contributed by atoms with van der Waals surface area (Å²) in [5.74, 6) is 1.80. The average molecular weight is 246 g/mol. The van der Waals surface area contributed by atoms with Gasteiger partial charge in [-0.1, -0.05) is 24.6 Å². The molecule has 2 N–H and O–H groups in total. The van der Waals surface area contributed by atoms with Crippen molar-refractivity contribution in [3.05, 3.63) is 29.3 Å². The van der Waals surface area contributed by atoms with Crippen LogP contribution in [-0.2, 0) is 6.42 Å². The van der Waals surface area contributed by atoms with E-state index >= 15 is 0 Å². The molecule has 18 heavy (non-hydrogen) atoms. The molecule has 0 amide bonds. The minimum Gasteiger partial charge on any atom is -0.374 e. The Morgan fingerprint density at radius 2 is 2.11 bits per heavy atom. The fraction of sp³-hybridized carbons (Fsp3) is 0.625. The minimum absolute atomic E-state index is 0.221. The quantitative estimate of drug-likeness (QED) is 0.865. The van der Waals surface area contributed by atoms with E-state index in [2.05, 4.69) is 50.9 Å². The van der Waals surface area contributed by atoms with Crippen LogP contribution >= 0.6 is 0 Å². The lowest BCUT2D eigenvalue weighted by atomic mass is 10.0. The van der Waals surface area contributed by atoms with Gasteiger partial charge in [-0.15, -0.1) is 0 Å². The molecule has 2 nitrogen and oxygen atoms in total. The van der Waals surface area contributed by atoms with Crippen LogP contribution in [0.4, 0.5) is 5.69 Å². The van der Waals surface area contributed by atoms with Crippen LogP contribution in [0.15, 0.2) is 18.2 Å². The van der Waals surface area contributed by atoms with Crippen LogP contribution in [0.5, 0.6) is 0 Å². The van der Waals surface area contributed by atoms with E-state index < -0.39 is 0 Å². The molecule has 1 aromatic rings. The number of anilines is 1. The molecule has 0 spiro atoms. The lowest BCUT2D eigenvalue weighted by molar-refractivity contribution is 0.709. The van der Waals surface area contributed by atoms with Crippen LogP contribution in [0.2, 0.25) is 0 Å². The van der Waals surface area contributed by atoms with Crippen LogP contribution in [0.25, 0.3) is 0 Å². The molecule has 100 valence electrons. The van der Waals surface area contributed by atoms with Crippen LogP contribution in [-0.4, -0.2) is 19.6 Å². The zero-order valence-electron chi connectivity index (χ0n) is 12.1. The van der Waals surface area contributed by atoms with E-state index in [4.69, 9.17) is 5.73 Å². The standard InChI is InChI=1S/C16H26N2/c1-11-5-6-16(14(7-11)9-13(3)17)18(4)10-15-8-12(15)2/h5-7,12-13,15H,8-10,17H2,1-4H3. The van der Waals surface area contributed by atoms with Crippen molar-refractivity contribution >= 4 is 5.69 Å². The van der Waals surface area contributed by atoms with Crippen molar-refractivity contribution in [1.29, 1.82) is 0 Å². The Morgan fingerprint density at radius 3 is 2.67 bits per heavy atom. The second-order valence-corrected chi connectivity index (χ2v) is 6.17. The van der Waals surface area contributed by atoms with E-state index in [0.717, 1.165) is 18.3 Å². The van der Waals surface area contributed by atoms with Gasteiger partial charge in [-0.05, 0) is 50.2 Å². The monoisotopic (exact) mass is 246 g/mol. The lowest BCUT2D eigenvalue weighted by Gasteiger charge is -2.24. The van der Waals surface area contributed by atoms with Crippen molar-refractivity contribution < 1.29 is 0 Å². The van der Waals surface area contributed by atoms with Gasteiger partial charge in [0.15, 0.2) is 0 Å². The first-order valence-corrected chi connectivity index (χ1v) is 7.03. The number of nitrogens with zero attached hydrogens (tertiary/aromatic N) is 1. The van der Waals surface area contributed by atoms with Crippen LogP contribution in [0.3, 0.4) is 0 Å². The Morgan fingerprint density at radius 1 is 1.44 bits per heavy atom. The fourth-order valence-electron chi connectivity index (χ4n) is 2.70. The first-order chi connectivity index (χ1) is 8.47. The number of nitrogens with two attached hydrogens (primary N) is 1. The third-order valence-corrected chi connectivity index (χ3v) is 3.97. The number of hydrogen-bond acceptors (Lipinski definition) is 2. The summed E-state index contributed by atoms with van der Waals surface area (Å²) < 4.78 is 0. The third kappa shape index (κ3) is 3.26. The van der Waals surface area contributed by atoms with Crippen LogP contribution in [0, 0.1) is 18.8 Å². The maximum absolute atomic E-state index is 5.96. The molecular weight excluding hydrogens is 220 g/mol. The van der Waals surface area contributed by atoms with Gasteiger partial charge in [0, 0.05) is 25.3 Å². The van der Waals surface area contributed by atoms with Crippen LogP contribution < -0.4 is 10.6 Å². The van der Waals surface area contributed by atoms with E-state index in [-0.39, 0.29) is 6.04 Å². The highest BCUT2D eigenvalue weighted by molar-refractivity contribution is 5.55. The highest BCUT2D eigenvalue weighted by atomic mass is 15.1. The van der Waals surface area contributed by atoms with E-state index in [1.807, 2.05) is 0 Å². The largest absolute Gasteiger partial charge is 0.374 e. The molecule has 1 fully saturated rings. The molecule has 0 aromatic heterocycles. The lowest BCUT2D eigenvalue weighted by Crippen LogP contribution is -2.24. The zero-order chi connectivity index (χ0) is 13.3. The third-order valence-electron chi connectivity index (χ3n) is 3.97. The summed E-state index contributed by atoms with van der Waals surface area (Å²) in [6.07, 6.45) is 2.35. The highest BCUT2D eigenvalue weighted by Crippen LogP contribution is 2.39. The molecular formula is C16H26N2. The maximum atomic E-state index is 5.96. The van der Waals surface area contributed by atoms with Gasteiger partial charge in [-0.3, -0.25) is 0 Å². The molecule has 0 bridgehead atoms. The summed E-state index contributed by atoms with van der Waals surface area (Å²) in [5, 5.41) is 0. The van der Waals surface area contributed by atoms with Gasteiger partial charge in [-0.2, -0.15) is 0 Å². The van der Waals surface area contributed by atoms with Crippen molar-refractivity contribution in [2.45, 2.75) is 39.7 Å². The summed E-state index contributed by atoms with van der Waals surface area (Å²) in [6, 6.07) is 6.96. The maximum Gasteiger partial charge on any atom is 0.0397 e. The Labute approximate surface area is 111 Å². The Bertz CT molecular complexity index is 412. The second kappa shape index (κ2) is 5.31. The number of aryl methyl sites for hydroxylation is 1. The van der Waals surface area contributed by atoms with Crippen molar-refractivity contribution in [2.75, 3.05) is 18.5 Å². The molecule has 0 saturated heterocycles. The predicted molar refractivity (Wildman–Crippen MR) is 79.1 cm³/mol. The summed E-state index contributed by atoms with van der Waals surface area (Å²) in [7, 11) is 2.21. The molecule has 0 aliphatic heterocycles. The van der Waals surface area contributed by atoms with E-state index in [1.165, 1.54) is 29.8 Å². The zero-order valence-corrected chi connectivity index (χ0v) is 12.1. The topological polar surface area (TPSA) is 29.3 Å². The summed E-state index contributed by atoms with van der Waals surface area (Å²) in [5.41, 5.74) is 10.0. The number of benzene rings is 1. The van der Waals surface area contributed by atoms with Gasteiger partial charge in [-0.25, -0.2) is 0 Å². The van der Waals surface area contributed by atoms with Gasteiger partial charge in [0.05, 0.1) is 0 Å². The van der Waals surface area contributed by atoms with Gasteiger partial charge in [0.1, 0.15) is 0 Å². The van der Waals surface area contributed by atoms with Gasteiger partial charge < -0.3 is 10.6 Å². The van der Waals surface area contributed by atoms with E-state index in [1.54, 1.807) is 0 Å². The molecule has 2 heteroatoms. The second-order valence-electron chi connectivity index (χ2n) is 6.17. The van der Waals surface area contributed by atoms with E-state index in [0.29, 0.717) is 0 Å². The van der Waals surface area contributed by atoms with Crippen molar-refractivity contribution in [1.82, 2.24) is 0 Å². The molecule has 1 aliphatic rings.